The topological polar surface area (TPSA) is 110 Å². The maximum Gasteiger partial charge on any atom is 0.322 e. The first-order valence-electron chi connectivity index (χ1n) is 11.8. The van der Waals surface area contributed by atoms with Crippen LogP contribution in [0.15, 0.2) is 28.7 Å². The minimum atomic E-state index is -3.67. The smallest absolute Gasteiger partial charge is 0.322 e. The fourth-order valence-electron chi connectivity index (χ4n) is 4.59. The third kappa shape index (κ3) is 6.67. The van der Waals surface area contributed by atoms with Crippen molar-refractivity contribution in [3.8, 4) is 11.5 Å². The zero-order valence-corrected chi connectivity index (χ0v) is 21.5. The highest BCUT2D eigenvalue weighted by atomic mass is 32.2. The molecule has 2 aromatic rings. The Balaban J connectivity index is 1.64. The third-order valence-electron chi connectivity index (χ3n) is 6.44. The van der Waals surface area contributed by atoms with E-state index in [4.69, 9.17) is 9.15 Å². The van der Waals surface area contributed by atoms with Gasteiger partial charge in [0, 0.05) is 12.1 Å². The number of rotatable bonds is 10. The van der Waals surface area contributed by atoms with Crippen LogP contribution in [0.4, 0.5) is 0 Å². The lowest BCUT2D eigenvalue weighted by Gasteiger charge is -2.35. The van der Waals surface area contributed by atoms with Gasteiger partial charge in [0.1, 0.15) is 17.5 Å². The van der Waals surface area contributed by atoms with Crippen molar-refractivity contribution in [2.75, 3.05) is 12.8 Å². The molecule has 3 rings (SSSR count). The molecule has 1 saturated carbocycles. The van der Waals surface area contributed by atoms with E-state index in [0.29, 0.717) is 24.7 Å². The number of aliphatic carboxylic acids is 1. The summed E-state index contributed by atoms with van der Waals surface area (Å²) in [6, 6.07) is 6.91. The van der Waals surface area contributed by atoms with Crippen molar-refractivity contribution in [2.24, 2.45) is 11.8 Å². The monoisotopic (exact) mass is 492 g/mol. The number of carboxylic acid groups (broad SMARTS) is 1. The molecular formula is C25H36N2O6S. The molecule has 3 atom stereocenters. The minimum Gasteiger partial charge on any atom is -0.480 e. The van der Waals surface area contributed by atoms with Crippen molar-refractivity contribution in [2.45, 2.75) is 72.1 Å². The maximum atomic E-state index is 12.4. The Morgan fingerprint density at radius 3 is 2.50 bits per heavy atom. The van der Waals surface area contributed by atoms with Crippen molar-refractivity contribution in [1.29, 1.82) is 0 Å². The molecule has 8 nitrogen and oxygen atoms in total. The molecule has 0 bridgehead atoms. The number of aryl methyl sites for hydroxylation is 2. The van der Waals surface area contributed by atoms with Crippen LogP contribution in [-0.2, 0) is 26.2 Å². The van der Waals surface area contributed by atoms with Crippen molar-refractivity contribution in [3.63, 3.8) is 0 Å². The predicted molar refractivity (Wildman–Crippen MR) is 130 cm³/mol. The molecule has 188 valence electrons. The molecule has 9 heteroatoms. The molecule has 1 aromatic carbocycles. The summed E-state index contributed by atoms with van der Waals surface area (Å²) in [5, 5.41) is 9.65. The minimum absolute atomic E-state index is 0.0376. The molecule has 2 unspecified atom stereocenters. The van der Waals surface area contributed by atoms with Crippen LogP contribution in [0.25, 0.3) is 11.5 Å². The number of carboxylic acids is 1. The highest BCUT2D eigenvalue weighted by molar-refractivity contribution is 7.88. The number of carbonyl (C=O) groups is 1. The molecule has 0 aliphatic heterocycles. The normalized spacial score (nSPS) is 20.1. The van der Waals surface area contributed by atoms with Crippen LogP contribution in [0, 0.1) is 25.7 Å². The third-order valence-corrected chi connectivity index (χ3v) is 7.67. The number of nitrogens with zero attached hydrogens (tertiary/aromatic N) is 2. The Labute approximate surface area is 202 Å². The van der Waals surface area contributed by atoms with E-state index < -0.39 is 22.0 Å². The average molecular weight is 493 g/mol. The van der Waals surface area contributed by atoms with E-state index in [9.17, 15) is 18.3 Å². The van der Waals surface area contributed by atoms with Crippen LogP contribution >= 0.6 is 0 Å². The van der Waals surface area contributed by atoms with Gasteiger partial charge in [-0.25, -0.2) is 13.4 Å². The summed E-state index contributed by atoms with van der Waals surface area (Å²) in [7, 11) is -3.67. The van der Waals surface area contributed by atoms with Gasteiger partial charge in [-0.2, -0.15) is 4.31 Å². The van der Waals surface area contributed by atoms with Gasteiger partial charge in [0.15, 0.2) is 0 Å². The quantitative estimate of drug-likeness (QED) is 0.523. The van der Waals surface area contributed by atoms with Gasteiger partial charge in [0.25, 0.3) is 0 Å². The van der Waals surface area contributed by atoms with Gasteiger partial charge in [0.2, 0.25) is 15.9 Å². The number of hydrogen-bond donors (Lipinski definition) is 1. The zero-order valence-electron chi connectivity index (χ0n) is 20.7. The van der Waals surface area contributed by atoms with Gasteiger partial charge in [-0.05, 0) is 57.1 Å². The lowest BCUT2D eigenvalue weighted by Crippen LogP contribution is -2.50. The number of sulfonamides is 1. The predicted octanol–water partition coefficient (Wildman–Crippen LogP) is 4.40. The summed E-state index contributed by atoms with van der Waals surface area (Å²) >= 11 is 0. The SMILES string of the molecule is Cc1ccc(-c2nc(COC3CCCC(CN([C@H](C(=O)O)C(C)C)S(C)(=O)=O)C3)c(C)o2)cc1. The Morgan fingerprint density at radius 1 is 1.24 bits per heavy atom. The Bertz CT molecular complexity index is 1080. The number of aromatic nitrogens is 1. The summed E-state index contributed by atoms with van der Waals surface area (Å²) < 4.78 is 38.0. The van der Waals surface area contributed by atoms with Gasteiger partial charge >= 0.3 is 5.97 Å². The zero-order chi connectivity index (χ0) is 25.0. The van der Waals surface area contributed by atoms with E-state index in [0.717, 1.165) is 41.1 Å². The van der Waals surface area contributed by atoms with E-state index in [2.05, 4.69) is 4.98 Å². The highest BCUT2D eigenvalue weighted by Gasteiger charge is 2.37. The van der Waals surface area contributed by atoms with Gasteiger partial charge in [-0.15, -0.1) is 0 Å². The molecular weight excluding hydrogens is 456 g/mol. The number of ether oxygens (including phenoxy) is 1. The first-order chi connectivity index (χ1) is 16.0. The molecule has 0 radical (unpaired) electrons. The van der Waals surface area contributed by atoms with Crippen molar-refractivity contribution in [3.05, 3.63) is 41.3 Å². The second-order valence-corrected chi connectivity index (χ2v) is 11.6. The first kappa shape index (κ1) is 26.4. The lowest BCUT2D eigenvalue weighted by molar-refractivity contribution is -0.143. The fourth-order valence-corrected chi connectivity index (χ4v) is 5.82. The summed E-state index contributed by atoms with van der Waals surface area (Å²) in [5.41, 5.74) is 2.83. The molecule has 1 aromatic heterocycles. The summed E-state index contributed by atoms with van der Waals surface area (Å²) in [4.78, 5) is 16.4. The summed E-state index contributed by atoms with van der Waals surface area (Å²) in [6.07, 6.45) is 4.35. The van der Waals surface area contributed by atoms with Crippen molar-refractivity contribution < 1.29 is 27.5 Å². The van der Waals surface area contributed by atoms with Crippen LogP contribution in [0.1, 0.15) is 56.5 Å². The van der Waals surface area contributed by atoms with Crippen molar-refractivity contribution in [1.82, 2.24) is 9.29 Å². The first-order valence-corrected chi connectivity index (χ1v) is 13.6. The Morgan fingerprint density at radius 2 is 1.91 bits per heavy atom. The molecule has 34 heavy (non-hydrogen) atoms. The number of hydrogen-bond acceptors (Lipinski definition) is 6. The van der Waals surface area contributed by atoms with Gasteiger partial charge in [0.05, 0.1) is 19.0 Å². The van der Waals surface area contributed by atoms with Crippen molar-refractivity contribution >= 4 is 16.0 Å². The highest BCUT2D eigenvalue weighted by Crippen LogP contribution is 2.30. The summed E-state index contributed by atoms with van der Waals surface area (Å²) in [6.45, 7) is 7.87. The fraction of sp³-hybridized carbons (Fsp3) is 0.600. The van der Waals surface area contributed by atoms with Crippen LogP contribution in [0.5, 0.6) is 0 Å². The van der Waals surface area contributed by atoms with Crippen LogP contribution in [0.2, 0.25) is 0 Å². The largest absolute Gasteiger partial charge is 0.480 e. The molecule has 0 saturated heterocycles. The standard InChI is InChI=1S/C25H36N2O6S/c1-16(2)23(25(28)29)27(34(5,30)31)14-19-7-6-8-21(13-19)32-15-22-18(4)33-24(26-22)20-11-9-17(3)10-12-20/h9-12,16,19,21,23H,6-8,13-15H2,1-5H3,(H,28,29)/t19?,21?,23-/m0/s1. The molecule has 1 aliphatic carbocycles. The maximum absolute atomic E-state index is 12.4. The molecule has 1 aliphatic rings. The van der Waals surface area contributed by atoms with Crippen LogP contribution in [0.3, 0.4) is 0 Å². The van der Waals surface area contributed by atoms with Gasteiger partial charge in [-0.1, -0.05) is 38.0 Å². The number of benzene rings is 1. The second kappa shape index (κ2) is 11.0. The second-order valence-electron chi connectivity index (χ2n) is 9.71. The van der Waals surface area contributed by atoms with E-state index in [-0.39, 0.29) is 24.5 Å². The Kier molecular flexibility index (Phi) is 8.54. The molecule has 1 N–H and O–H groups in total. The molecule has 0 spiro atoms. The van der Waals surface area contributed by atoms with E-state index in [1.54, 1.807) is 13.8 Å². The molecule has 1 heterocycles. The van der Waals surface area contributed by atoms with E-state index in [1.165, 1.54) is 5.56 Å². The van der Waals surface area contributed by atoms with Gasteiger partial charge in [-0.3, -0.25) is 4.79 Å². The van der Waals surface area contributed by atoms with E-state index in [1.807, 2.05) is 38.1 Å². The van der Waals surface area contributed by atoms with Crippen LogP contribution < -0.4 is 0 Å². The molecule has 1 fully saturated rings. The molecule has 0 amide bonds. The Hall–Kier alpha value is -2.23. The average Bonchev–Trinajstić information content (AvgIpc) is 3.12. The van der Waals surface area contributed by atoms with Crippen LogP contribution in [-0.4, -0.2) is 53.7 Å². The number of oxazole rings is 1. The summed E-state index contributed by atoms with van der Waals surface area (Å²) in [5.74, 6) is -0.131. The lowest BCUT2D eigenvalue weighted by atomic mass is 9.86. The van der Waals surface area contributed by atoms with Gasteiger partial charge < -0.3 is 14.3 Å². The van der Waals surface area contributed by atoms with E-state index >= 15 is 0 Å².